The minimum Gasteiger partial charge on any atom is -0.424 e. The van der Waals surface area contributed by atoms with E-state index in [0.29, 0.717) is 11.8 Å². The summed E-state index contributed by atoms with van der Waals surface area (Å²) in [6.45, 7) is -0.226. The molecule has 180 valence electrons. The van der Waals surface area contributed by atoms with Crippen molar-refractivity contribution < 1.29 is 31.1 Å². The van der Waals surface area contributed by atoms with Crippen molar-refractivity contribution in [3.63, 3.8) is 0 Å². The van der Waals surface area contributed by atoms with Gasteiger partial charge in [0.15, 0.2) is 0 Å². The number of pyridine rings is 1. The number of carbonyl (C=O) groups is 1. The lowest BCUT2D eigenvalue weighted by atomic mass is 10.2. The predicted octanol–water partition coefficient (Wildman–Crippen LogP) is 2.79. The van der Waals surface area contributed by atoms with Crippen LogP contribution in [0.2, 0.25) is 0 Å². The smallest absolute Gasteiger partial charge is 0.421 e. The molecule has 0 saturated heterocycles. The standard InChI is InChI=1S/C20H19F3N6O4S/c1-29(34(2,31)32)18-13(4-3-9-25-18)10-26-17-15(20(21,22)23)11-27-19(28-17)33-14-7-5-12(6-8-14)16(24)30/h3-9,11H,10H2,1-2H3,(H2,24,30)(H,26,27,28). The highest BCUT2D eigenvalue weighted by Gasteiger charge is 2.35. The number of aromatic nitrogens is 3. The SMILES string of the molecule is CN(c1ncccc1CNc1nc(Oc2ccc(C(N)=O)cc2)ncc1C(F)(F)F)S(C)(=O)=O. The summed E-state index contributed by atoms with van der Waals surface area (Å²) in [5.41, 5.74) is 4.55. The van der Waals surface area contributed by atoms with E-state index < -0.39 is 33.5 Å². The Kier molecular flexibility index (Phi) is 6.91. The number of carbonyl (C=O) groups excluding carboxylic acids is 1. The first-order chi connectivity index (χ1) is 15.9. The fourth-order valence-corrected chi connectivity index (χ4v) is 3.22. The van der Waals surface area contributed by atoms with Gasteiger partial charge in [0.2, 0.25) is 15.9 Å². The first kappa shape index (κ1) is 24.7. The van der Waals surface area contributed by atoms with Gasteiger partial charge in [0.1, 0.15) is 22.9 Å². The van der Waals surface area contributed by atoms with Gasteiger partial charge in [-0.3, -0.25) is 9.10 Å². The highest BCUT2D eigenvalue weighted by molar-refractivity contribution is 7.92. The van der Waals surface area contributed by atoms with Crippen LogP contribution in [0.5, 0.6) is 11.8 Å². The van der Waals surface area contributed by atoms with E-state index in [4.69, 9.17) is 10.5 Å². The van der Waals surface area contributed by atoms with Crippen molar-refractivity contribution in [2.75, 3.05) is 22.9 Å². The minimum absolute atomic E-state index is 0.0473. The zero-order valence-corrected chi connectivity index (χ0v) is 18.7. The van der Waals surface area contributed by atoms with Crippen LogP contribution in [-0.4, -0.2) is 42.6 Å². The third kappa shape index (κ3) is 5.89. The van der Waals surface area contributed by atoms with Gasteiger partial charge in [-0.05, 0) is 30.3 Å². The molecular formula is C20H19F3N6O4S. The maximum atomic E-state index is 13.5. The molecule has 1 aromatic carbocycles. The molecule has 0 bridgehead atoms. The number of nitrogens with zero attached hydrogens (tertiary/aromatic N) is 4. The number of anilines is 2. The average molecular weight is 496 g/mol. The molecule has 14 heteroatoms. The van der Waals surface area contributed by atoms with Crippen molar-refractivity contribution in [3.8, 4) is 11.8 Å². The molecule has 1 amide bonds. The zero-order valence-electron chi connectivity index (χ0n) is 17.9. The Labute approximate surface area is 192 Å². The van der Waals surface area contributed by atoms with Gasteiger partial charge in [0.05, 0.1) is 6.26 Å². The van der Waals surface area contributed by atoms with Crippen molar-refractivity contribution in [2.24, 2.45) is 5.73 Å². The average Bonchev–Trinajstić information content (AvgIpc) is 2.76. The van der Waals surface area contributed by atoms with E-state index in [1.807, 2.05) is 0 Å². The number of benzene rings is 1. The fraction of sp³-hybridized carbons (Fsp3) is 0.200. The molecule has 0 aliphatic carbocycles. The maximum Gasteiger partial charge on any atom is 0.421 e. The molecule has 0 spiro atoms. The van der Waals surface area contributed by atoms with Gasteiger partial charge < -0.3 is 15.8 Å². The number of hydrogen-bond donors (Lipinski definition) is 2. The topological polar surface area (TPSA) is 140 Å². The van der Waals surface area contributed by atoms with Gasteiger partial charge in [-0.1, -0.05) is 6.07 Å². The number of primary amides is 1. The zero-order chi connectivity index (χ0) is 25.1. The van der Waals surface area contributed by atoms with Crippen molar-refractivity contribution in [1.82, 2.24) is 15.0 Å². The second-order valence-electron chi connectivity index (χ2n) is 6.97. The summed E-state index contributed by atoms with van der Waals surface area (Å²) in [5.74, 6) is -1.02. The molecule has 3 N–H and O–H groups in total. The number of hydrogen-bond acceptors (Lipinski definition) is 8. The van der Waals surface area contributed by atoms with Crippen LogP contribution in [0, 0.1) is 0 Å². The van der Waals surface area contributed by atoms with E-state index in [2.05, 4.69) is 20.3 Å². The summed E-state index contributed by atoms with van der Waals surface area (Å²) in [5, 5.41) is 2.56. The number of amides is 1. The number of sulfonamides is 1. The van der Waals surface area contributed by atoms with E-state index in [9.17, 15) is 26.4 Å². The molecule has 10 nitrogen and oxygen atoms in total. The third-order valence-corrected chi connectivity index (χ3v) is 5.70. The third-order valence-electron chi connectivity index (χ3n) is 4.53. The van der Waals surface area contributed by atoms with Gasteiger partial charge in [0, 0.05) is 37.1 Å². The first-order valence-electron chi connectivity index (χ1n) is 9.50. The van der Waals surface area contributed by atoms with Crippen LogP contribution in [0.15, 0.2) is 48.8 Å². The quantitative estimate of drug-likeness (QED) is 0.485. The van der Waals surface area contributed by atoms with Crippen molar-refractivity contribution in [2.45, 2.75) is 12.7 Å². The van der Waals surface area contributed by atoms with Gasteiger partial charge in [-0.25, -0.2) is 18.4 Å². The number of nitrogens with one attached hydrogen (secondary N) is 1. The number of nitrogens with two attached hydrogens (primary N) is 1. The number of alkyl halides is 3. The summed E-state index contributed by atoms with van der Waals surface area (Å²) in [6, 6.07) is 8.18. The van der Waals surface area contributed by atoms with Crippen molar-refractivity contribution >= 4 is 27.6 Å². The summed E-state index contributed by atoms with van der Waals surface area (Å²) < 4.78 is 70.6. The van der Waals surface area contributed by atoms with Crippen LogP contribution in [0.3, 0.4) is 0 Å². The molecule has 3 aromatic rings. The van der Waals surface area contributed by atoms with Crippen molar-refractivity contribution in [1.29, 1.82) is 0 Å². The maximum absolute atomic E-state index is 13.5. The Morgan fingerprint density at radius 2 is 1.85 bits per heavy atom. The summed E-state index contributed by atoms with van der Waals surface area (Å²) in [4.78, 5) is 22.6. The van der Waals surface area contributed by atoms with Crippen LogP contribution in [0.4, 0.5) is 24.8 Å². The second-order valence-corrected chi connectivity index (χ2v) is 8.99. The molecule has 3 rings (SSSR count). The lowest BCUT2D eigenvalue weighted by Crippen LogP contribution is -2.27. The molecule has 2 heterocycles. The molecule has 0 aliphatic rings. The molecule has 0 unspecified atom stereocenters. The Balaban J connectivity index is 1.89. The van der Waals surface area contributed by atoms with E-state index in [0.717, 1.165) is 10.6 Å². The lowest BCUT2D eigenvalue weighted by Gasteiger charge is -2.20. The predicted molar refractivity (Wildman–Crippen MR) is 117 cm³/mol. The minimum atomic E-state index is -4.77. The van der Waals surface area contributed by atoms with Crippen LogP contribution < -0.4 is 20.1 Å². The molecular weight excluding hydrogens is 477 g/mol. The van der Waals surface area contributed by atoms with Crippen LogP contribution >= 0.6 is 0 Å². The lowest BCUT2D eigenvalue weighted by molar-refractivity contribution is -0.137. The van der Waals surface area contributed by atoms with Gasteiger partial charge in [-0.2, -0.15) is 18.2 Å². The van der Waals surface area contributed by atoms with E-state index >= 15 is 0 Å². The monoisotopic (exact) mass is 496 g/mol. The van der Waals surface area contributed by atoms with E-state index in [1.54, 1.807) is 0 Å². The molecule has 34 heavy (non-hydrogen) atoms. The molecule has 0 aliphatic heterocycles. The Hall–Kier alpha value is -3.94. The molecule has 0 saturated carbocycles. The van der Waals surface area contributed by atoms with Gasteiger partial charge in [-0.15, -0.1) is 0 Å². The van der Waals surface area contributed by atoms with Crippen LogP contribution in [0.1, 0.15) is 21.5 Å². The summed E-state index contributed by atoms with van der Waals surface area (Å²) in [6.07, 6.45) is -1.87. The van der Waals surface area contributed by atoms with E-state index in [1.165, 1.54) is 49.6 Å². The highest BCUT2D eigenvalue weighted by Crippen LogP contribution is 2.35. The second kappa shape index (κ2) is 9.51. The number of ether oxygens (including phenoxy) is 1. The summed E-state index contributed by atoms with van der Waals surface area (Å²) in [7, 11) is -2.37. The van der Waals surface area contributed by atoms with Gasteiger partial charge in [0.25, 0.3) is 0 Å². The van der Waals surface area contributed by atoms with Crippen molar-refractivity contribution in [3.05, 3.63) is 65.5 Å². The molecule has 0 atom stereocenters. The summed E-state index contributed by atoms with van der Waals surface area (Å²) >= 11 is 0. The number of rotatable bonds is 8. The van der Waals surface area contributed by atoms with Gasteiger partial charge >= 0.3 is 12.2 Å². The fourth-order valence-electron chi connectivity index (χ4n) is 2.74. The van der Waals surface area contributed by atoms with E-state index in [-0.39, 0.29) is 29.7 Å². The van der Waals surface area contributed by atoms with Crippen LogP contribution in [-0.2, 0) is 22.7 Å². The molecule has 0 fully saturated rings. The Bertz CT molecular complexity index is 1300. The normalized spacial score (nSPS) is 11.7. The Morgan fingerprint density at radius 1 is 1.18 bits per heavy atom. The largest absolute Gasteiger partial charge is 0.424 e. The van der Waals surface area contributed by atoms with Crippen LogP contribution in [0.25, 0.3) is 0 Å². The first-order valence-corrected chi connectivity index (χ1v) is 11.3. The molecule has 0 radical (unpaired) electrons. The Morgan fingerprint density at radius 3 is 2.44 bits per heavy atom. The number of halogens is 3. The highest BCUT2D eigenvalue weighted by atomic mass is 32.2. The molecule has 2 aromatic heterocycles.